The molecule has 1 amide bonds. The van der Waals surface area contributed by atoms with Crippen LogP contribution in [0.2, 0.25) is 0 Å². The Hall–Kier alpha value is -2.95. The highest BCUT2D eigenvalue weighted by Gasteiger charge is 2.18. The van der Waals surface area contributed by atoms with Gasteiger partial charge in [0.15, 0.2) is 5.69 Å². The van der Waals surface area contributed by atoms with E-state index in [0.29, 0.717) is 5.69 Å². The Morgan fingerprint density at radius 3 is 2.56 bits per heavy atom. The van der Waals surface area contributed by atoms with Crippen LogP contribution in [0.4, 0.5) is 5.69 Å². The van der Waals surface area contributed by atoms with Gasteiger partial charge in [0.1, 0.15) is 0 Å². The summed E-state index contributed by atoms with van der Waals surface area (Å²) < 4.78 is 1.80. The average Bonchev–Trinajstić information content (AvgIpc) is 2.85. The molecule has 1 aromatic heterocycles. The van der Waals surface area contributed by atoms with Crippen LogP contribution < -0.4 is 0 Å². The second-order valence-electron chi connectivity index (χ2n) is 6.41. The van der Waals surface area contributed by atoms with Gasteiger partial charge in [-0.15, -0.1) is 10.2 Å². The van der Waals surface area contributed by atoms with Crippen molar-refractivity contribution in [3.63, 3.8) is 0 Å². The molecule has 0 radical (unpaired) electrons. The molecule has 3 rings (SSSR count). The maximum Gasteiger partial charge on any atom is 0.269 e. The van der Waals surface area contributed by atoms with Crippen LogP contribution in [0, 0.1) is 6.92 Å². The molecule has 0 bridgehead atoms. The van der Waals surface area contributed by atoms with Gasteiger partial charge in [-0.25, -0.2) is 0 Å². The molecule has 0 unspecified atom stereocenters. The molecule has 0 aliphatic heterocycles. The predicted octanol–water partition coefficient (Wildman–Crippen LogP) is 5.09. The Kier molecular flexibility index (Phi) is 4.65. The lowest BCUT2D eigenvalue weighted by molar-refractivity contribution is -0.117. The van der Waals surface area contributed by atoms with Crippen LogP contribution in [0.25, 0.3) is 10.9 Å². The Morgan fingerprint density at radius 2 is 1.88 bits per heavy atom. The predicted molar refractivity (Wildman–Crippen MR) is 98.4 cm³/mol. The molecule has 0 saturated carbocycles. The summed E-state index contributed by atoms with van der Waals surface area (Å²) in [5.74, 6) is -0.310. The first-order valence-electron chi connectivity index (χ1n) is 8.29. The molecular weight excluding hydrogens is 314 g/mol. The van der Waals surface area contributed by atoms with E-state index >= 15 is 0 Å². The molecule has 3 aromatic rings. The minimum Gasteiger partial charge on any atom is -0.493 e. The number of nitrogens with zero attached hydrogens (tertiary/aromatic N) is 3. The van der Waals surface area contributed by atoms with Crippen molar-refractivity contribution in [2.45, 2.75) is 33.2 Å². The highest BCUT2D eigenvalue weighted by molar-refractivity contribution is 5.96. The molecule has 0 spiro atoms. The lowest BCUT2D eigenvalue weighted by atomic mass is 10.1. The minimum absolute atomic E-state index is 0.0341. The third-order valence-corrected chi connectivity index (χ3v) is 4.08. The van der Waals surface area contributed by atoms with Crippen molar-refractivity contribution < 1.29 is 9.90 Å². The number of aromatic nitrogens is 1. The van der Waals surface area contributed by atoms with Gasteiger partial charge in [0.05, 0.1) is 11.9 Å². The molecule has 128 valence electrons. The van der Waals surface area contributed by atoms with Gasteiger partial charge in [-0.3, -0.25) is 4.79 Å². The van der Waals surface area contributed by atoms with Crippen molar-refractivity contribution in [3.8, 4) is 5.88 Å². The van der Waals surface area contributed by atoms with Crippen molar-refractivity contribution >= 4 is 22.5 Å². The molecule has 1 N–H and O–H groups in total. The molecular formula is C20H21N3O2. The Labute approximate surface area is 146 Å². The number of amides is 1. The second kappa shape index (κ2) is 6.89. The van der Waals surface area contributed by atoms with Crippen molar-refractivity contribution in [1.29, 1.82) is 0 Å². The first-order chi connectivity index (χ1) is 12.0. The summed E-state index contributed by atoms with van der Waals surface area (Å²) in [6.07, 6.45) is 0.187. The van der Waals surface area contributed by atoms with Crippen molar-refractivity contribution in [3.05, 3.63) is 59.7 Å². The van der Waals surface area contributed by atoms with E-state index in [1.807, 2.05) is 69.3 Å². The van der Waals surface area contributed by atoms with E-state index in [9.17, 15) is 9.90 Å². The summed E-state index contributed by atoms with van der Waals surface area (Å²) in [6, 6.07) is 15.4. The average molecular weight is 335 g/mol. The number of azo groups is 1. The normalized spacial score (nSPS) is 11.7. The van der Waals surface area contributed by atoms with Crippen LogP contribution in [0.15, 0.2) is 58.8 Å². The number of aryl methyl sites for hydroxylation is 1. The quantitative estimate of drug-likeness (QED) is 0.675. The van der Waals surface area contributed by atoms with Gasteiger partial charge < -0.3 is 9.67 Å². The second-order valence-corrected chi connectivity index (χ2v) is 6.41. The lowest BCUT2D eigenvalue weighted by Gasteiger charge is -2.10. The summed E-state index contributed by atoms with van der Waals surface area (Å²) in [5.41, 5.74) is 3.16. The van der Waals surface area contributed by atoms with Gasteiger partial charge in [0.2, 0.25) is 5.88 Å². The largest absolute Gasteiger partial charge is 0.493 e. The van der Waals surface area contributed by atoms with Gasteiger partial charge in [-0.1, -0.05) is 42.0 Å². The van der Waals surface area contributed by atoms with Gasteiger partial charge >= 0.3 is 0 Å². The number of carbonyl (C=O) groups is 1. The number of rotatable bonds is 4. The van der Waals surface area contributed by atoms with E-state index in [2.05, 4.69) is 10.2 Å². The number of fused-ring (bicyclic) bond motifs is 1. The summed E-state index contributed by atoms with van der Waals surface area (Å²) in [6.45, 7) is 5.95. The van der Waals surface area contributed by atoms with Crippen molar-refractivity contribution in [1.82, 2.24) is 4.57 Å². The topological polar surface area (TPSA) is 66.9 Å². The van der Waals surface area contributed by atoms with E-state index in [1.165, 1.54) is 0 Å². The standard InChI is InChI=1S/C20H21N3O2/c1-13(2)23-17-10-9-14(3)11-16(17)19(20(23)25)22-21-18(24)12-15-7-5-4-6-8-15/h4-11,13,25H,12H2,1-3H3. The monoisotopic (exact) mass is 335 g/mol. The molecule has 0 aliphatic rings. The minimum atomic E-state index is -0.344. The van der Waals surface area contributed by atoms with E-state index in [1.54, 1.807) is 4.57 Å². The van der Waals surface area contributed by atoms with Crippen molar-refractivity contribution in [2.24, 2.45) is 10.2 Å². The highest BCUT2D eigenvalue weighted by Crippen LogP contribution is 2.41. The van der Waals surface area contributed by atoms with Gasteiger partial charge in [-0.2, -0.15) is 0 Å². The molecule has 0 aliphatic carbocycles. The molecule has 5 heteroatoms. The lowest BCUT2D eigenvalue weighted by Crippen LogP contribution is -1.99. The first kappa shape index (κ1) is 16.9. The van der Waals surface area contributed by atoms with Crippen LogP contribution in [0.1, 0.15) is 31.0 Å². The molecule has 2 aromatic carbocycles. The van der Waals surface area contributed by atoms with Gasteiger partial charge in [0.25, 0.3) is 5.91 Å². The van der Waals surface area contributed by atoms with E-state index in [4.69, 9.17) is 0 Å². The first-order valence-corrected chi connectivity index (χ1v) is 8.29. The third-order valence-electron chi connectivity index (χ3n) is 4.08. The van der Waals surface area contributed by atoms with E-state index < -0.39 is 0 Å². The fraction of sp³-hybridized carbons (Fsp3) is 0.250. The zero-order valence-corrected chi connectivity index (χ0v) is 14.6. The van der Waals surface area contributed by atoms with Crippen LogP contribution >= 0.6 is 0 Å². The van der Waals surface area contributed by atoms with Crippen LogP contribution in [0.5, 0.6) is 5.88 Å². The van der Waals surface area contributed by atoms with Crippen molar-refractivity contribution in [2.75, 3.05) is 0 Å². The fourth-order valence-corrected chi connectivity index (χ4v) is 2.93. The molecule has 0 fully saturated rings. The fourth-order valence-electron chi connectivity index (χ4n) is 2.93. The summed E-state index contributed by atoms with van der Waals surface area (Å²) >= 11 is 0. The molecule has 5 nitrogen and oxygen atoms in total. The Morgan fingerprint density at radius 1 is 1.16 bits per heavy atom. The van der Waals surface area contributed by atoms with Gasteiger partial charge in [-0.05, 0) is 38.5 Å². The summed E-state index contributed by atoms with van der Waals surface area (Å²) in [5, 5.41) is 19.3. The third kappa shape index (κ3) is 3.45. The molecule has 25 heavy (non-hydrogen) atoms. The van der Waals surface area contributed by atoms with Crippen LogP contribution in [-0.4, -0.2) is 15.6 Å². The van der Waals surface area contributed by atoms with Gasteiger partial charge in [0, 0.05) is 11.4 Å². The zero-order valence-electron chi connectivity index (χ0n) is 14.6. The molecule has 0 saturated heterocycles. The SMILES string of the molecule is Cc1ccc2c(c1)c(N=NC(=O)Cc1ccccc1)c(O)n2C(C)C. The van der Waals surface area contributed by atoms with E-state index in [0.717, 1.165) is 22.0 Å². The number of benzene rings is 2. The maximum atomic E-state index is 12.1. The summed E-state index contributed by atoms with van der Waals surface area (Å²) in [7, 11) is 0. The number of hydrogen-bond acceptors (Lipinski definition) is 3. The summed E-state index contributed by atoms with van der Waals surface area (Å²) in [4.78, 5) is 12.1. The molecule has 1 heterocycles. The Balaban J connectivity index is 1.96. The number of carbonyl (C=O) groups excluding carboxylic acids is 1. The van der Waals surface area contributed by atoms with Crippen LogP contribution in [-0.2, 0) is 11.2 Å². The zero-order chi connectivity index (χ0) is 18.0. The number of hydrogen-bond donors (Lipinski definition) is 1. The number of aromatic hydroxyl groups is 1. The highest BCUT2D eigenvalue weighted by atomic mass is 16.3. The van der Waals surface area contributed by atoms with E-state index in [-0.39, 0.29) is 24.2 Å². The Bertz CT molecular complexity index is 940. The molecule has 0 atom stereocenters. The maximum absolute atomic E-state index is 12.1. The van der Waals surface area contributed by atoms with Crippen LogP contribution in [0.3, 0.4) is 0 Å². The smallest absolute Gasteiger partial charge is 0.269 e.